The van der Waals surface area contributed by atoms with Gasteiger partial charge in [-0.2, -0.15) is 0 Å². The number of halogens is 3. The molecule has 1 heterocycles. The van der Waals surface area contributed by atoms with E-state index >= 15 is 0 Å². The molecule has 3 aromatic carbocycles. The number of benzene rings is 3. The molecular weight excluding hydrogens is 577 g/mol. The number of aromatic nitrogens is 1. The van der Waals surface area contributed by atoms with Gasteiger partial charge in [0.25, 0.3) is 5.56 Å². The fraction of sp³-hybridized carbons (Fsp3) is 0.281. The molecule has 1 unspecified atom stereocenters. The predicted molar refractivity (Wildman–Crippen MR) is 161 cm³/mol. The summed E-state index contributed by atoms with van der Waals surface area (Å²) in [6, 6.07) is 15.0. The predicted octanol–water partition coefficient (Wildman–Crippen LogP) is 6.10. The van der Waals surface area contributed by atoms with Gasteiger partial charge in [-0.25, -0.2) is 0 Å². The number of nitrogens with two attached hydrogens (primary N) is 1. The molecule has 0 aliphatic heterocycles. The maximum Gasteiger partial charge on any atom is 0.573 e. The zero-order valence-corrected chi connectivity index (χ0v) is 24.4. The van der Waals surface area contributed by atoms with Gasteiger partial charge in [-0.1, -0.05) is 31.2 Å². The summed E-state index contributed by atoms with van der Waals surface area (Å²) in [5.74, 6) is -1.88. The average molecular weight is 611 g/mol. The van der Waals surface area contributed by atoms with E-state index in [-0.39, 0.29) is 35.7 Å². The van der Waals surface area contributed by atoms with E-state index in [0.717, 1.165) is 17.2 Å². The zero-order valence-electron chi connectivity index (χ0n) is 24.4. The number of H-pyrrole nitrogens is 1. The van der Waals surface area contributed by atoms with Crippen LogP contribution in [0.4, 0.5) is 24.5 Å². The SMILES string of the molecule is Cc1cc(C(Nc2ccc3cc[nH]c(=O)c3c2)C(=O)N(C)Cc2cc(N)ccc2OC(F)(F)F)ccc1[C@@H](C)CCC(=O)O. The van der Waals surface area contributed by atoms with Gasteiger partial charge in [0, 0.05) is 48.5 Å². The van der Waals surface area contributed by atoms with Gasteiger partial charge >= 0.3 is 12.3 Å². The van der Waals surface area contributed by atoms with Crippen LogP contribution in [0.2, 0.25) is 0 Å². The number of rotatable bonds is 11. The summed E-state index contributed by atoms with van der Waals surface area (Å²) in [6.45, 7) is 3.55. The molecule has 2 atom stereocenters. The molecule has 232 valence electrons. The molecule has 12 heteroatoms. The zero-order chi connectivity index (χ0) is 32.2. The Morgan fingerprint density at radius 2 is 1.84 bits per heavy atom. The van der Waals surface area contributed by atoms with Gasteiger partial charge in [-0.15, -0.1) is 13.2 Å². The van der Waals surface area contributed by atoms with Gasteiger partial charge in [0.05, 0.1) is 0 Å². The lowest BCUT2D eigenvalue weighted by molar-refractivity contribution is -0.275. The maximum absolute atomic E-state index is 14.0. The number of alkyl halides is 3. The standard InChI is InChI=1S/C32H33F3N4O5/c1-18(4-11-28(40)41)25-9-6-21(14-19(25)2)29(38-24-8-5-20-12-13-37-30(42)26(20)16-24)31(43)39(3)17-22-15-23(36)7-10-27(22)44-32(33,34)35/h5-10,12-16,18,29,38H,4,11,17,36H2,1-3H3,(H,37,42)(H,40,41)/t18-,29?/m0/s1. The number of ether oxygens (including phenoxy) is 1. The number of nitrogens with zero attached hydrogens (tertiary/aromatic N) is 1. The third kappa shape index (κ3) is 7.88. The van der Waals surface area contributed by atoms with Crippen LogP contribution in [0.25, 0.3) is 10.8 Å². The van der Waals surface area contributed by atoms with Crippen LogP contribution in [-0.4, -0.2) is 40.3 Å². The van der Waals surface area contributed by atoms with Crippen LogP contribution in [0.3, 0.4) is 0 Å². The third-order valence-corrected chi connectivity index (χ3v) is 7.38. The number of carbonyl (C=O) groups excluding carboxylic acids is 1. The monoisotopic (exact) mass is 610 g/mol. The minimum atomic E-state index is -4.94. The Morgan fingerprint density at radius 1 is 1.09 bits per heavy atom. The van der Waals surface area contributed by atoms with Crippen LogP contribution < -0.4 is 21.3 Å². The van der Waals surface area contributed by atoms with E-state index in [9.17, 15) is 27.6 Å². The highest BCUT2D eigenvalue weighted by atomic mass is 19.4. The minimum absolute atomic E-state index is 0.0148. The van der Waals surface area contributed by atoms with Crippen LogP contribution in [0.5, 0.6) is 5.75 Å². The smallest absolute Gasteiger partial charge is 0.481 e. The van der Waals surface area contributed by atoms with Crippen LogP contribution >= 0.6 is 0 Å². The van der Waals surface area contributed by atoms with E-state index < -0.39 is 30.0 Å². The number of fused-ring (bicyclic) bond motifs is 1. The number of amides is 1. The topological polar surface area (TPSA) is 138 Å². The second-order valence-electron chi connectivity index (χ2n) is 10.7. The summed E-state index contributed by atoms with van der Waals surface area (Å²) in [6.07, 6.45) is -2.95. The number of carboxylic acids is 1. The summed E-state index contributed by atoms with van der Waals surface area (Å²) >= 11 is 0. The lowest BCUT2D eigenvalue weighted by Crippen LogP contribution is -2.35. The first-order valence-electron chi connectivity index (χ1n) is 13.8. The van der Waals surface area contributed by atoms with E-state index in [2.05, 4.69) is 15.0 Å². The van der Waals surface area contributed by atoms with Crippen molar-refractivity contribution in [1.82, 2.24) is 9.88 Å². The number of nitrogens with one attached hydrogen (secondary N) is 2. The molecule has 0 aliphatic rings. The molecule has 44 heavy (non-hydrogen) atoms. The van der Waals surface area contributed by atoms with Crippen LogP contribution in [0.15, 0.2) is 71.7 Å². The molecule has 1 aromatic heterocycles. The van der Waals surface area contributed by atoms with Gasteiger partial charge in [-0.05, 0) is 77.7 Å². The summed E-state index contributed by atoms with van der Waals surface area (Å²) in [5, 5.41) is 13.4. The van der Waals surface area contributed by atoms with Crippen LogP contribution in [-0.2, 0) is 16.1 Å². The van der Waals surface area contributed by atoms with Crippen molar-refractivity contribution >= 4 is 34.0 Å². The number of nitrogen functional groups attached to an aromatic ring is 1. The normalized spacial score (nSPS) is 12.9. The lowest BCUT2D eigenvalue weighted by atomic mass is 9.90. The molecule has 4 aromatic rings. The van der Waals surface area contributed by atoms with Gasteiger partial charge in [-0.3, -0.25) is 14.4 Å². The first-order valence-corrected chi connectivity index (χ1v) is 13.8. The van der Waals surface area contributed by atoms with Crippen molar-refractivity contribution < 1.29 is 32.6 Å². The van der Waals surface area contributed by atoms with E-state index in [1.54, 1.807) is 30.3 Å². The fourth-order valence-corrected chi connectivity index (χ4v) is 5.16. The molecule has 9 nitrogen and oxygen atoms in total. The Hall–Kier alpha value is -5.00. The maximum atomic E-state index is 14.0. The number of pyridine rings is 1. The van der Waals surface area contributed by atoms with Gasteiger partial charge < -0.3 is 30.8 Å². The highest BCUT2D eigenvalue weighted by molar-refractivity contribution is 5.89. The van der Waals surface area contributed by atoms with Crippen molar-refractivity contribution in [3.8, 4) is 5.75 Å². The summed E-state index contributed by atoms with van der Waals surface area (Å²) < 4.78 is 43.4. The first kappa shape index (κ1) is 31.9. The van der Waals surface area contributed by atoms with Crippen molar-refractivity contribution in [3.63, 3.8) is 0 Å². The van der Waals surface area contributed by atoms with Crippen molar-refractivity contribution in [2.45, 2.75) is 51.6 Å². The Labute approximate surface area is 251 Å². The Kier molecular flexibility index (Phi) is 9.51. The number of carbonyl (C=O) groups is 2. The molecule has 0 saturated heterocycles. The van der Waals surface area contributed by atoms with Gasteiger partial charge in [0.1, 0.15) is 11.8 Å². The third-order valence-electron chi connectivity index (χ3n) is 7.38. The second kappa shape index (κ2) is 13.1. The first-order chi connectivity index (χ1) is 20.7. The van der Waals surface area contributed by atoms with Crippen molar-refractivity contribution in [1.29, 1.82) is 0 Å². The number of hydrogen-bond acceptors (Lipinski definition) is 6. The molecule has 5 N–H and O–H groups in total. The molecule has 4 rings (SSSR count). The number of anilines is 2. The van der Waals surface area contributed by atoms with Gasteiger partial charge in [0.15, 0.2) is 0 Å². The van der Waals surface area contributed by atoms with Crippen molar-refractivity contribution in [2.75, 3.05) is 18.1 Å². The highest BCUT2D eigenvalue weighted by Crippen LogP contribution is 2.32. The largest absolute Gasteiger partial charge is 0.573 e. The Balaban J connectivity index is 1.70. The van der Waals surface area contributed by atoms with Crippen LogP contribution in [0.1, 0.15) is 54.0 Å². The van der Waals surface area contributed by atoms with E-state index in [1.165, 1.54) is 30.3 Å². The number of aliphatic carboxylic acids is 1. The number of likely N-dealkylation sites (N-methyl/N-ethyl adjacent to an activating group) is 1. The average Bonchev–Trinajstić information content (AvgIpc) is 2.95. The molecule has 1 amide bonds. The van der Waals surface area contributed by atoms with E-state index in [0.29, 0.717) is 28.4 Å². The number of aryl methyl sites for hydroxylation is 1. The van der Waals surface area contributed by atoms with E-state index in [4.69, 9.17) is 10.8 Å². The number of hydrogen-bond donors (Lipinski definition) is 4. The van der Waals surface area contributed by atoms with Crippen LogP contribution in [0, 0.1) is 6.92 Å². The molecule has 0 saturated carbocycles. The molecular formula is C32H33F3N4O5. The molecule has 0 bridgehead atoms. The number of aromatic amines is 1. The van der Waals surface area contributed by atoms with E-state index in [1.807, 2.05) is 26.0 Å². The fourth-order valence-electron chi connectivity index (χ4n) is 5.16. The highest BCUT2D eigenvalue weighted by Gasteiger charge is 2.33. The minimum Gasteiger partial charge on any atom is -0.481 e. The molecule has 0 radical (unpaired) electrons. The lowest BCUT2D eigenvalue weighted by Gasteiger charge is -2.27. The Morgan fingerprint density at radius 3 is 2.52 bits per heavy atom. The molecule has 0 fully saturated rings. The van der Waals surface area contributed by atoms with Crippen molar-refractivity contribution in [3.05, 3.63) is 99.5 Å². The second-order valence-corrected chi connectivity index (χ2v) is 10.7. The Bertz CT molecular complexity index is 1740. The summed E-state index contributed by atoms with van der Waals surface area (Å²) in [5.41, 5.74) is 8.61. The number of carboxylic acid groups (broad SMARTS) is 1. The van der Waals surface area contributed by atoms with Crippen molar-refractivity contribution in [2.24, 2.45) is 0 Å². The quantitative estimate of drug-likeness (QED) is 0.151. The summed E-state index contributed by atoms with van der Waals surface area (Å²) in [4.78, 5) is 41.4. The molecule has 0 aliphatic carbocycles. The van der Waals surface area contributed by atoms with Gasteiger partial charge in [0.2, 0.25) is 5.91 Å². The summed E-state index contributed by atoms with van der Waals surface area (Å²) in [7, 11) is 1.46. The molecule has 0 spiro atoms.